The first-order valence-corrected chi connectivity index (χ1v) is 7.77. The van der Waals surface area contributed by atoms with E-state index in [9.17, 15) is 14.7 Å². The van der Waals surface area contributed by atoms with Crippen LogP contribution in [-0.2, 0) is 9.59 Å². The molecule has 4 N–H and O–H groups in total. The van der Waals surface area contributed by atoms with Crippen LogP contribution in [0.4, 0.5) is 0 Å². The van der Waals surface area contributed by atoms with Crippen LogP contribution in [0.5, 0.6) is 0 Å². The van der Waals surface area contributed by atoms with Gasteiger partial charge in [-0.25, -0.2) is 0 Å². The van der Waals surface area contributed by atoms with Crippen LogP contribution in [-0.4, -0.2) is 29.1 Å². The number of hydrogen-bond donors (Lipinski definition) is 3. The van der Waals surface area contributed by atoms with E-state index in [4.69, 9.17) is 5.73 Å². The summed E-state index contributed by atoms with van der Waals surface area (Å²) in [4.78, 5) is 23.0. The molecular weight excluding hydrogens is 256 g/mol. The normalized spacial score (nSPS) is 29.1. The minimum atomic E-state index is -0.770. The van der Waals surface area contributed by atoms with Gasteiger partial charge in [0.25, 0.3) is 0 Å². The summed E-state index contributed by atoms with van der Waals surface area (Å²) in [5.41, 5.74) is 4.53. The zero-order valence-electron chi connectivity index (χ0n) is 12.1. The van der Waals surface area contributed by atoms with Gasteiger partial charge >= 0.3 is 0 Å². The lowest BCUT2D eigenvalue weighted by Gasteiger charge is -2.27. The zero-order chi connectivity index (χ0) is 14.6. The number of hydrogen-bond acceptors (Lipinski definition) is 3. The average Bonchev–Trinajstić information content (AvgIpc) is 2.83. The lowest BCUT2D eigenvalue weighted by molar-refractivity contribution is -0.126. The minimum Gasteiger partial charge on any atom is -0.389 e. The summed E-state index contributed by atoms with van der Waals surface area (Å²) in [5, 5.41) is 13.1. The Morgan fingerprint density at radius 1 is 1.15 bits per heavy atom. The molecule has 2 aliphatic rings. The van der Waals surface area contributed by atoms with Crippen LogP contribution in [0.15, 0.2) is 0 Å². The molecule has 0 aromatic heterocycles. The third-order valence-corrected chi connectivity index (χ3v) is 4.86. The summed E-state index contributed by atoms with van der Waals surface area (Å²) in [6.45, 7) is 0.653. The Morgan fingerprint density at radius 3 is 2.30 bits per heavy atom. The van der Waals surface area contributed by atoms with Crippen molar-refractivity contribution >= 4 is 11.8 Å². The first-order chi connectivity index (χ1) is 9.48. The van der Waals surface area contributed by atoms with Crippen molar-refractivity contribution in [3.05, 3.63) is 0 Å². The second-order valence-corrected chi connectivity index (χ2v) is 6.53. The molecule has 5 heteroatoms. The summed E-state index contributed by atoms with van der Waals surface area (Å²) in [5.74, 6) is 0.205. The first-order valence-electron chi connectivity index (χ1n) is 7.77. The fourth-order valence-electron chi connectivity index (χ4n) is 3.48. The standard InChI is InChI=1S/C15H26N2O3/c16-14(19)12-5-3-11(4-6-12)10-17-13(18)9-15(20)7-1-2-8-15/h11-12,20H,1-10H2,(H2,16,19)(H,17,18). The molecule has 0 heterocycles. The molecule has 2 rings (SSSR count). The number of amides is 2. The van der Waals surface area contributed by atoms with Crippen molar-refractivity contribution in [2.45, 2.75) is 63.4 Å². The van der Waals surface area contributed by atoms with Gasteiger partial charge in [0.15, 0.2) is 0 Å². The topological polar surface area (TPSA) is 92.4 Å². The highest BCUT2D eigenvalue weighted by Gasteiger charge is 2.33. The van der Waals surface area contributed by atoms with Gasteiger partial charge in [0.1, 0.15) is 0 Å². The van der Waals surface area contributed by atoms with E-state index < -0.39 is 5.60 Å². The van der Waals surface area contributed by atoms with Crippen molar-refractivity contribution in [2.24, 2.45) is 17.6 Å². The molecule has 2 aliphatic carbocycles. The van der Waals surface area contributed by atoms with Gasteiger partial charge in [-0.3, -0.25) is 9.59 Å². The molecule has 0 saturated heterocycles. The number of carbonyl (C=O) groups excluding carboxylic acids is 2. The molecule has 5 nitrogen and oxygen atoms in total. The summed E-state index contributed by atoms with van der Waals surface area (Å²) in [7, 11) is 0. The highest BCUT2D eigenvalue weighted by Crippen LogP contribution is 2.32. The second kappa shape index (κ2) is 6.57. The van der Waals surface area contributed by atoms with Crippen LogP contribution in [0.25, 0.3) is 0 Å². The molecular formula is C15H26N2O3. The Hall–Kier alpha value is -1.10. The van der Waals surface area contributed by atoms with E-state index in [1.807, 2.05) is 0 Å². The lowest BCUT2D eigenvalue weighted by Crippen LogP contribution is -2.38. The fraction of sp³-hybridized carbons (Fsp3) is 0.867. The predicted octanol–water partition coefficient (Wildman–Crippen LogP) is 1.09. The Balaban J connectivity index is 1.65. The van der Waals surface area contributed by atoms with Gasteiger partial charge in [0, 0.05) is 12.5 Å². The van der Waals surface area contributed by atoms with Gasteiger partial charge in [-0.1, -0.05) is 12.8 Å². The number of primary amides is 1. The third kappa shape index (κ3) is 4.20. The predicted molar refractivity (Wildman–Crippen MR) is 75.7 cm³/mol. The average molecular weight is 282 g/mol. The number of rotatable bonds is 5. The van der Waals surface area contributed by atoms with Crippen LogP contribution >= 0.6 is 0 Å². The summed E-state index contributed by atoms with van der Waals surface area (Å²) in [6.07, 6.45) is 7.29. The maximum Gasteiger partial charge on any atom is 0.222 e. The summed E-state index contributed by atoms with van der Waals surface area (Å²) >= 11 is 0. The molecule has 0 aliphatic heterocycles. The fourth-order valence-corrected chi connectivity index (χ4v) is 3.48. The second-order valence-electron chi connectivity index (χ2n) is 6.53. The maximum absolute atomic E-state index is 11.9. The van der Waals surface area contributed by atoms with Gasteiger partial charge < -0.3 is 16.2 Å². The summed E-state index contributed by atoms with van der Waals surface area (Å²) < 4.78 is 0. The van der Waals surface area contributed by atoms with E-state index in [2.05, 4.69) is 5.32 Å². The Labute approximate surface area is 120 Å². The quantitative estimate of drug-likeness (QED) is 0.704. The van der Waals surface area contributed by atoms with E-state index in [0.717, 1.165) is 51.4 Å². The third-order valence-electron chi connectivity index (χ3n) is 4.86. The molecule has 2 fully saturated rings. The van der Waals surface area contributed by atoms with Crippen molar-refractivity contribution in [2.75, 3.05) is 6.54 Å². The molecule has 0 aromatic carbocycles. The van der Waals surface area contributed by atoms with Crippen LogP contribution in [0.1, 0.15) is 57.8 Å². The molecule has 0 spiro atoms. The van der Waals surface area contributed by atoms with Gasteiger partial charge in [0.05, 0.1) is 12.0 Å². The lowest BCUT2D eigenvalue weighted by atomic mass is 9.81. The smallest absolute Gasteiger partial charge is 0.222 e. The van der Waals surface area contributed by atoms with Crippen LogP contribution in [0, 0.1) is 11.8 Å². The van der Waals surface area contributed by atoms with Gasteiger partial charge in [0.2, 0.25) is 11.8 Å². The van der Waals surface area contributed by atoms with Crippen molar-refractivity contribution in [1.82, 2.24) is 5.32 Å². The van der Waals surface area contributed by atoms with E-state index in [1.165, 1.54) is 0 Å². The van der Waals surface area contributed by atoms with Crippen molar-refractivity contribution in [3.63, 3.8) is 0 Å². The van der Waals surface area contributed by atoms with Crippen molar-refractivity contribution in [1.29, 1.82) is 0 Å². The first kappa shape index (κ1) is 15.3. The molecule has 0 unspecified atom stereocenters. The highest BCUT2D eigenvalue weighted by molar-refractivity contribution is 5.77. The zero-order valence-corrected chi connectivity index (χ0v) is 12.1. The molecule has 2 amide bonds. The largest absolute Gasteiger partial charge is 0.389 e. The molecule has 0 aromatic rings. The molecule has 0 atom stereocenters. The van der Waals surface area contributed by atoms with Gasteiger partial charge in [-0.15, -0.1) is 0 Å². The van der Waals surface area contributed by atoms with Crippen LogP contribution in [0.2, 0.25) is 0 Å². The van der Waals surface area contributed by atoms with Crippen LogP contribution < -0.4 is 11.1 Å². The van der Waals surface area contributed by atoms with E-state index >= 15 is 0 Å². The number of nitrogens with one attached hydrogen (secondary N) is 1. The number of nitrogens with two attached hydrogens (primary N) is 1. The van der Waals surface area contributed by atoms with E-state index in [-0.39, 0.29) is 24.2 Å². The monoisotopic (exact) mass is 282 g/mol. The molecule has 114 valence electrons. The van der Waals surface area contributed by atoms with Crippen molar-refractivity contribution < 1.29 is 14.7 Å². The Bertz CT molecular complexity index is 356. The maximum atomic E-state index is 11.9. The Morgan fingerprint density at radius 2 is 1.75 bits per heavy atom. The van der Waals surface area contributed by atoms with E-state index in [1.54, 1.807) is 0 Å². The van der Waals surface area contributed by atoms with Crippen LogP contribution in [0.3, 0.4) is 0 Å². The molecule has 20 heavy (non-hydrogen) atoms. The van der Waals surface area contributed by atoms with Crippen molar-refractivity contribution in [3.8, 4) is 0 Å². The number of carbonyl (C=O) groups is 2. The molecule has 2 saturated carbocycles. The SMILES string of the molecule is NC(=O)C1CCC(CNC(=O)CC2(O)CCCC2)CC1. The highest BCUT2D eigenvalue weighted by atomic mass is 16.3. The van der Waals surface area contributed by atoms with Gasteiger partial charge in [-0.2, -0.15) is 0 Å². The molecule has 0 radical (unpaired) electrons. The van der Waals surface area contributed by atoms with Gasteiger partial charge in [-0.05, 0) is 44.4 Å². The summed E-state index contributed by atoms with van der Waals surface area (Å²) in [6, 6.07) is 0. The number of aliphatic hydroxyl groups is 1. The minimum absolute atomic E-state index is 0.0150. The Kier molecular flexibility index (Phi) is 5.02. The van der Waals surface area contributed by atoms with E-state index in [0.29, 0.717) is 12.5 Å². The molecule has 0 bridgehead atoms.